The van der Waals surface area contributed by atoms with Crippen molar-refractivity contribution in [2.75, 3.05) is 64.4 Å². The summed E-state index contributed by atoms with van der Waals surface area (Å²) in [6, 6.07) is 7.48. The molecule has 0 bridgehead atoms. The Labute approximate surface area is 214 Å². The lowest BCUT2D eigenvalue weighted by atomic mass is 9.69. The van der Waals surface area contributed by atoms with Crippen LogP contribution in [0, 0.1) is 17.7 Å². The van der Waals surface area contributed by atoms with E-state index in [4.69, 9.17) is 4.74 Å². The van der Waals surface area contributed by atoms with Crippen LogP contribution >= 0.6 is 0 Å². The molecule has 198 valence electrons. The number of carbonyl (C=O) groups is 2. The van der Waals surface area contributed by atoms with E-state index in [1.807, 2.05) is 12.1 Å². The molecule has 0 spiro atoms. The molecule has 4 aliphatic heterocycles. The summed E-state index contributed by atoms with van der Waals surface area (Å²) in [6.45, 7) is 7.03. The highest BCUT2D eigenvalue weighted by Crippen LogP contribution is 2.43. The molecule has 0 aromatic heterocycles. The van der Waals surface area contributed by atoms with Gasteiger partial charge in [-0.3, -0.25) is 19.4 Å². The van der Waals surface area contributed by atoms with Gasteiger partial charge in [-0.25, -0.2) is 4.39 Å². The molecule has 4 aliphatic rings. The second-order valence-corrected chi connectivity index (χ2v) is 11.1. The molecule has 4 atom stereocenters. The molecule has 1 amide bonds. The van der Waals surface area contributed by atoms with Crippen LogP contribution in [0.15, 0.2) is 24.3 Å². The third-order valence-electron chi connectivity index (χ3n) is 9.02. The number of hydrogen-bond acceptors (Lipinski definition) is 6. The molecular formula is C28H41FN4O3. The van der Waals surface area contributed by atoms with Crippen molar-refractivity contribution >= 4 is 17.6 Å². The highest BCUT2D eigenvalue weighted by atomic mass is 19.1. The van der Waals surface area contributed by atoms with Crippen molar-refractivity contribution in [3.63, 3.8) is 0 Å². The standard InChI is InChI=1S/C28H41FN4O3/c1-36-27(35)8-2-7-25-24-6-4-14-32-13-3-5-21(28(24)32)19-33(25)26(34)20-30-15-17-31(18-16-30)23-11-9-22(29)10-12-23/h9-12,21,24-25,28H,2-8,13-20H2,1H3. The number of amides is 1. The van der Waals surface area contributed by atoms with Gasteiger partial charge < -0.3 is 14.5 Å². The summed E-state index contributed by atoms with van der Waals surface area (Å²) in [7, 11) is 1.44. The lowest BCUT2D eigenvalue weighted by Crippen LogP contribution is -2.66. The Hall–Kier alpha value is -2.19. The largest absolute Gasteiger partial charge is 0.469 e. The first-order chi connectivity index (χ1) is 17.5. The topological polar surface area (TPSA) is 56.3 Å². The number of esters is 1. The van der Waals surface area contributed by atoms with Crippen LogP contribution in [0.5, 0.6) is 0 Å². The predicted octanol–water partition coefficient (Wildman–Crippen LogP) is 2.99. The average molecular weight is 501 g/mol. The summed E-state index contributed by atoms with van der Waals surface area (Å²) in [5.41, 5.74) is 1.04. The fourth-order valence-corrected chi connectivity index (χ4v) is 7.31. The first-order valence-corrected chi connectivity index (χ1v) is 13.9. The van der Waals surface area contributed by atoms with E-state index in [0.29, 0.717) is 30.8 Å². The highest BCUT2D eigenvalue weighted by molar-refractivity contribution is 5.79. The number of carbonyl (C=O) groups excluding carboxylic acids is 2. The Morgan fingerprint density at radius 2 is 1.72 bits per heavy atom. The van der Waals surface area contributed by atoms with Crippen LogP contribution in [0.2, 0.25) is 0 Å². The van der Waals surface area contributed by atoms with Crippen LogP contribution in [0.4, 0.5) is 10.1 Å². The number of hydrogen-bond donors (Lipinski definition) is 0. The minimum atomic E-state index is -0.216. The van der Waals surface area contributed by atoms with E-state index >= 15 is 0 Å². The fraction of sp³-hybridized carbons (Fsp3) is 0.714. The molecule has 0 radical (unpaired) electrons. The van der Waals surface area contributed by atoms with E-state index in [0.717, 1.165) is 51.3 Å². The van der Waals surface area contributed by atoms with Gasteiger partial charge in [-0.2, -0.15) is 0 Å². The summed E-state index contributed by atoms with van der Waals surface area (Å²) >= 11 is 0. The maximum Gasteiger partial charge on any atom is 0.305 e. The monoisotopic (exact) mass is 500 g/mol. The molecule has 36 heavy (non-hydrogen) atoms. The number of benzene rings is 1. The number of rotatable bonds is 7. The van der Waals surface area contributed by atoms with Crippen LogP contribution in [-0.4, -0.2) is 98.1 Å². The van der Waals surface area contributed by atoms with E-state index in [-0.39, 0.29) is 23.7 Å². The normalized spacial score (nSPS) is 29.1. The minimum Gasteiger partial charge on any atom is -0.469 e. The van der Waals surface area contributed by atoms with Crippen molar-refractivity contribution in [2.45, 2.75) is 57.0 Å². The van der Waals surface area contributed by atoms with Gasteiger partial charge in [0, 0.05) is 56.9 Å². The summed E-state index contributed by atoms with van der Waals surface area (Å²) in [5, 5.41) is 0. The van der Waals surface area contributed by atoms with Gasteiger partial charge in [0.05, 0.1) is 13.7 Å². The number of nitrogens with zero attached hydrogens (tertiary/aromatic N) is 4. The number of piperidine rings is 3. The van der Waals surface area contributed by atoms with E-state index in [1.54, 1.807) is 0 Å². The lowest BCUT2D eigenvalue weighted by molar-refractivity contribution is -0.147. The van der Waals surface area contributed by atoms with Gasteiger partial charge in [-0.1, -0.05) is 0 Å². The van der Waals surface area contributed by atoms with E-state index in [2.05, 4.69) is 19.6 Å². The Morgan fingerprint density at radius 3 is 2.44 bits per heavy atom. The maximum absolute atomic E-state index is 13.8. The second kappa shape index (κ2) is 11.5. The number of anilines is 1. The zero-order valence-electron chi connectivity index (χ0n) is 21.6. The summed E-state index contributed by atoms with van der Waals surface area (Å²) < 4.78 is 18.2. The Bertz CT molecular complexity index is 903. The molecule has 4 unspecified atom stereocenters. The number of methoxy groups -OCH3 is 1. The Morgan fingerprint density at radius 1 is 1.00 bits per heavy atom. The van der Waals surface area contributed by atoms with Gasteiger partial charge in [0.25, 0.3) is 0 Å². The zero-order valence-corrected chi connectivity index (χ0v) is 21.6. The molecule has 4 saturated heterocycles. The van der Waals surface area contributed by atoms with Crippen molar-refractivity contribution in [3.05, 3.63) is 30.1 Å². The van der Waals surface area contributed by atoms with Gasteiger partial charge in [-0.05, 0) is 87.7 Å². The van der Waals surface area contributed by atoms with E-state index < -0.39 is 0 Å². The molecule has 4 heterocycles. The van der Waals surface area contributed by atoms with Crippen LogP contribution in [-0.2, 0) is 14.3 Å². The first kappa shape index (κ1) is 25.5. The summed E-state index contributed by atoms with van der Waals surface area (Å²) in [6.07, 6.45) is 6.90. The Kier molecular flexibility index (Phi) is 8.11. The maximum atomic E-state index is 13.8. The predicted molar refractivity (Wildman–Crippen MR) is 137 cm³/mol. The Balaban J connectivity index is 1.23. The van der Waals surface area contributed by atoms with Crippen LogP contribution < -0.4 is 4.90 Å². The molecule has 5 rings (SSSR count). The van der Waals surface area contributed by atoms with Gasteiger partial charge in [-0.15, -0.1) is 0 Å². The van der Waals surface area contributed by atoms with Gasteiger partial charge in [0.15, 0.2) is 0 Å². The quantitative estimate of drug-likeness (QED) is 0.537. The lowest BCUT2D eigenvalue weighted by Gasteiger charge is -2.57. The molecule has 7 nitrogen and oxygen atoms in total. The first-order valence-electron chi connectivity index (χ1n) is 13.9. The SMILES string of the molecule is COC(=O)CCCC1C2CCCN3CCCC(CN1C(=O)CN1CCN(c4ccc(F)cc4)CC1)C23. The van der Waals surface area contributed by atoms with Crippen LogP contribution in [0.3, 0.4) is 0 Å². The molecule has 0 saturated carbocycles. The van der Waals surface area contributed by atoms with Gasteiger partial charge >= 0.3 is 5.97 Å². The van der Waals surface area contributed by atoms with Crippen molar-refractivity contribution in [1.29, 1.82) is 0 Å². The zero-order chi connectivity index (χ0) is 25.1. The minimum absolute atomic E-state index is 0.163. The van der Waals surface area contributed by atoms with Crippen molar-refractivity contribution in [3.8, 4) is 0 Å². The van der Waals surface area contributed by atoms with Gasteiger partial charge in [0.1, 0.15) is 5.82 Å². The second-order valence-electron chi connectivity index (χ2n) is 11.1. The number of likely N-dealkylation sites (tertiary alicyclic amines) is 1. The van der Waals surface area contributed by atoms with Crippen molar-refractivity contribution in [1.82, 2.24) is 14.7 Å². The smallest absolute Gasteiger partial charge is 0.305 e. The van der Waals surface area contributed by atoms with Crippen molar-refractivity contribution in [2.24, 2.45) is 11.8 Å². The molecule has 8 heteroatoms. The van der Waals surface area contributed by atoms with E-state index in [9.17, 15) is 14.0 Å². The average Bonchev–Trinajstić information content (AvgIpc) is 2.90. The van der Waals surface area contributed by atoms with Crippen molar-refractivity contribution < 1.29 is 18.7 Å². The highest BCUT2D eigenvalue weighted by Gasteiger charge is 2.49. The number of piperazine rings is 1. The summed E-state index contributed by atoms with van der Waals surface area (Å²) in [4.78, 5) is 35.0. The molecular weight excluding hydrogens is 459 g/mol. The number of ether oxygens (including phenoxy) is 1. The molecule has 1 aromatic carbocycles. The fourth-order valence-electron chi connectivity index (χ4n) is 7.31. The third kappa shape index (κ3) is 5.54. The third-order valence-corrected chi connectivity index (χ3v) is 9.02. The molecule has 0 aliphatic carbocycles. The number of halogens is 1. The van der Waals surface area contributed by atoms with Crippen LogP contribution in [0.25, 0.3) is 0 Å². The van der Waals surface area contributed by atoms with Gasteiger partial charge in [0.2, 0.25) is 5.91 Å². The summed E-state index contributed by atoms with van der Waals surface area (Å²) in [5.74, 6) is 0.944. The molecule has 0 N–H and O–H groups in total. The van der Waals surface area contributed by atoms with E-state index in [1.165, 1.54) is 58.0 Å². The molecule has 1 aromatic rings. The molecule has 4 fully saturated rings. The van der Waals surface area contributed by atoms with Crippen LogP contribution in [0.1, 0.15) is 44.9 Å².